The Labute approximate surface area is 105 Å². The van der Waals surface area contributed by atoms with E-state index in [1.807, 2.05) is 0 Å². The van der Waals surface area contributed by atoms with Gasteiger partial charge < -0.3 is 14.4 Å². The number of carbonyl (C=O) groups excluding carboxylic acids is 1. The van der Waals surface area contributed by atoms with E-state index in [4.69, 9.17) is 9.52 Å². The number of hydrogen-bond donors (Lipinski definition) is 1. The van der Waals surface area contributed by atoms with E-state index in [0.29, 0.717) is 18.7 Å². The van der Waals surface area contributed by atoms with Crippen LogP contribution in [0.4, 0.5) is 0 Å². The van der Waals surface area contributed by atoms with Crippen LogP contribution < -0.4 is 0 Å². The number of likely N-dealkylation sites (tertiary alicyclic amines) is 1. The molecule has 1 fully saturated rings. The number of carboxylic acid groups (broad SMARTS) is 1. The third kappa shape index (κ3) is 2.45. The van der Waals surface area contributed by atoms with Crippen LogP contribution in [-0.4, -0.2) is 35.0 Å². The van der Waals surface area contributed by atoms with Crippen LogP contribution in [0, 0.1) is 5.41 Å². The zero-order chi connectivity index (χ0) is 13.2. The number of hydrogen-bond acceptors (Lipinski definition) is 3. The highest BCUT2D eigenvalue weighted by molar-refractivity contribution is 5.92. The summed E-state index contributed by atoms with van der Waals surface area (Å²) in [5, 5.41) is 9.08. The van der Waals surface area contributed by atoms with E-state index in [1.54, 1.807) is 30.0 Å². The van der Waals surface area contributed by atoms with Gasteiger partial charge in [0, 0.05) is 19.2 Å². The van der Waals surface area contributed by atoms with Gasteiger partial charge in [0.1, 0.15) is 5.76 Å². The van der Waals surface area contributed by atoms with E-state index in [-0.39, 0.29) is 12.5 Å². The molecule has 2 heterocycles. The number of furan rings is 1. The van der Waals surface area contributed by atoms with Crippen molar-refractivity contribution >= 4 is 18.0 Å². The van der Waals surface area contributed by atoms with Crippen LogP contribution in [0.25, 0.3) is 6.08 Å². The molecular weight excluding hydrogens is 234 g/mol. The predicted molar refractivity (Wildman–Crippen MR) is 64.7 cm³/mol. The van der Waals surface area contributed by atoms with Gasteiger partial charge in [-0.05, 0) is 31.6 Å². The molecule has 1 saturated heterocycles. The Morgan fingerprint density at radius 3 is 2.89 bits per heavy atom. The highest BCUT2D eigenvalue weighted by Gasteiger charge is 2.41. The Hall–Kier alpha value is -2.04. The second kappa shape index (κ2) is 4.68. The summed E-state index contributed by atoms with van der Waals surface area (Å²) >= 11 is 0. The SMILES string of the molecule is C[C@]1(C(=O)O)CCN(C(=O)/C=C\c2ccco2)C1. The highest BCUT2D eigenvalue weighted by atomic mass is 16.4. The average Bonchev–Trinajstić information content (AvgIpc) is 2.95. The predicted octanol–water partition coefficient (Wildman–Crippen LogP) is 1.62. The van der Waals surface area contributed by atoms with E-state index in [2.05, 4.69) is 0 Å². The highest BCUT2D eigenvalue weighted by Crippen LogP contribution is 2.30. The normalized spacial score (nSPS) is 23.7. The lowest BCUT2D eigenvalue weighted by molar-refractivity contribution is -0.147. The van der Waals surface area contributed by atoms with Gasteiger partial charge in [0.05, 0.1) is 11.7 Å². The van der Waals surface area contributed by atoms with Crippen molar-refractivity contribution in [3.05, 3.63) is 30.2 Å². The molecule has 1 amide bonds. The van der Waals surface area contributed by atoms with Gasteiger partial charge in [-0.25, -0.2) is 0 Å². The largest absolute Gasteiger partial charge is 0.481 e. The van der Waals surface area contributed by atoms with Gasteiger partial charge in [0.15, 0.2) is 0 Å². The van der Waals surface area contributed by atoms with E-state index in [1.165, 1.54) is 12.3 Å². The van der Waals surface area contributed by atoms with Crippen molar-refractivity contribution < 1.29 is 19.1 Å². The lowest BCUT2D eigenvalue weighted by atomic mass is 9.90. The lowest BCUT2D eigenvalue weighted by Gasteiger charge is -2.18. The molecule has 0 aromatic carbocycles. The first-order valence-corrected chi connectivity index (χ1v) is 5.75. The van der Waals surface area contributed by atoms with Gasteiger partial charge >= 0.3 is 5.97 Å². The minimum absolute atomic E-state index is 0.184. The molecular formula is C13H15NO4. The fourth-order valence-corrected chi connectivity index (χ4v) is 1.97. The molecule has 0 aliphatic carbocycles. The van der Waals surface area contributed by atoms with Gasteiger partial charge in [-0.1, -0.05) is 0 Å². The Balaban J connectivity index is 1.98. The van der Waals surface area contributed by atoms with Crippen molar-refractivity contribution in [2.45, 2.75) is 13.3 Å². The van der Waals surface area contributed by atoms with Crippen LogP contribution in [0.3, 0.4) is 0 Å². The summed E-state index contributed by atoms with van der Waals surface area (Å²) in [6.07, 6.45) is 5.01. The molecule has 1 aromatic rings. The van der Waals surface area contributed by atoms with Crippen molar-refractivity contribution in [3.63, 3.8) is 0 Å². The summed E-state index contributed by atoms with van der Waals surface area (Å²) in [6.45, 7) is 2.40. The number of amides is 1. The summed E-state index contributed by atoms with van der Waals surface area (Å²) in [7, 11) is 0. The second-order valence-electron chi connectivity index (χ2n) is 4.72. The number of nitrogens with zero attached hydrogens (tertiary/aromatic N) is 1. The van der Waals surface area contributed by atoms with Gasteiger partial charge in [-0.15, -0.1) is 0 Å². The first-order valence-electron chi connectivity index (χ1n) is 5.75. The van der Waals surface area contributed by atoms with Crippen molar-refractivity contribution in [1.82, 2.24) is 4.90 Å². The van der Waals surface area contributed by atoms with Crippen LogP contribution in [0.15, 0.2) is 28.9 Å². The maximum Gasteiger partial charge on any atom is 0.311 e. The third-order valence-electron chi connectivity index (χ3n) is 3.23. The fourth-order valence-electron chi connectivity index (χ4n) is 1.97. The molecule has 0 bridgehead atoms. The lowest BCUT2D eigenvalue weighted by Crippen LogP contribution is -2.34. The first kappa shape index (κ1) is 12.4. The Morgan fingerprint density at radius 2 is 2.33 bits per heavy atom. The molecule has 0 saturated carbocycles. The quantitative estimate of drug-likeness (QED) is 0.826. The second-order valence-corrected chi connectivity index (χ2v) is 4.72. The first-order chi connectivity index (χ1) is 8.51. The van der Waals surface area contributed by atoms with Crippen molar-refractivity contribution in [3.8, 4) is 0 Å². The molecule has 0 unspecified atom stereocenters. The summed E-state index contributed by atoms with van der Waals surface area (Å²) in [6, 6.07) is 3.48. The van der Waals surface area contributed by atoms with Gasteiger partial charge in [-0.3, -0.25) is 9.59 Å². The van der Waals surface area contributed by atoms with Crippen LogP contribution >= 0.6 is 0 Å². The van der Waals surface area contributed by atoms with E-state index in [0.717, 1.165) is 0 Å². The number of carboxylic acids is 1. The average molecular weight is 249 g/mol. The minimum atomic E-state index is -0.854. The van der Waals surface area contributed by atoms with Crippen LogP contribution in [0.2, 0.25) is 0 Å². The van der Waals surface area contributed by atoms with E-state index < -0.39 is 11.4 Å². The molecule has 0 spiro atoms. The molecule has 18 heavy (non-hydrogen) atoms. The molecule has 5 nitrogen and oxygen atoms in total. The molecule has 1 N–H and O–H groups in total. The van der Waals surface area contributed by atoms with E-state index >= 15 is 0 Å². The zero-order valence-corrected chi connectivity index (χ0v) is 10.1. The smallest absolute Gasteiger partial charge is 0.311 e. The molecule has 96 valence electrons. The van der Waals surface area contributed by atoms with Crippen molar-refractivity contribution in [1.29, 1.82) is 0 Å². The van der Waals surface area contributed by atoms with Crippen molar-refractivity contribution in [2.24, 2.45) is 5.41 Å². The molecule has 2 rings (SSSR count). The molecule has 1 atom stereocenters. The number of aliphatic carboxylic acids is 1. The summed E-state index contributed by atoms with van der Waals surface area (Å²) in [5.41, 5.74) is -0.825. The van der Waals surface area contributed by atoms with Crippen LogP contribution in [0.1, 0.15) is 19.1 Å². The Bertz CT molecular complexity index is 477. The monoisotopic (exact) mass is 249 g/mol. The van der Waals surface area contributed by atoms with Gasteiger partial charge in [0.25, 0.3) is 0 Å². The molecule has 1 aliphatic rings. The molecule has 1 aromatic heterocycles. The minimum Gasteiger partial charge on any atom is -0.481 e. The molecule has 5 heteroatoms. The maximum absolute atomic E-state index is 11.9. The molecule has 0 radical (unpaired) electrons. The third-order valence-corrected chi connectivity index (χ3v) is 3.23. The van der Waals surface area contributed by atoms with Gasteiger partial charge in [0.2, 0.25) is 5.91 Å². The Kier molecular flexibility index (Phi) is 3.23. The van der Waals surface area contributed by atoms with E-state index in [9.17, 15) is 9.59 Å². The topological polar surface area (TPSA) is 70.8 Å². The maximum atomic E-state index is 11.9. The number of rotatable bonds is 3. The summed E-state index contributed by atoms with van der Waals surface area (Å²) in [4.78, 5) is 24.5. The van der Waals surface area contributed by atoms with Crippen molar-refractivity contribution in [2.75, 3.05) is 13.1 Å². The van der Waals surface area contributed by atoms with Crippen LogP contribution in [-0.2, 0) is 9.59 Å². The van der Waals surface area contributed by atoms with Gasteiger partial charge in [-0.2, -0.15) is 0 Å². The summed E-state index contributed by atoms with van der Waals surface area (Å²) in [5.74, 6) is -0.437. The molecule has 1 aliphatic heterocycles. The Morgan fingerprint density at radius 1 is 1.56 bits per heavy atom. The standard InChI is InChI=1S/C13H15NO4/c1-13(12(16)17)6-7-14(9-13)11(15)5-4-10-3-2-8-18-10/h2-5,8H,6-7,9H2,1H3,(H,16,17)/b5-4-/t13-/m0/s1. The van der Waals surface area contributed by atoms with Crippen LogP contribution in [0.5, 0.6) is 0 Å². The zero-order valence-electron chi connectivity index (χ0n) is 10.1. The summed E-state index contributed by atoms with van der Waals surface area (Å²) < 4.78 is 5.07. The fraction of sp³-hybridized carbons (Fsp3) is 0.385. The number of carbonyl (C=O) groups is 2.